The Hall–Kier alpha value is -1.26. The van der Waals surface area contributed by atoms with E-state index in [2.05, 4.69) is 5.10 Å². The van der Waals surface area contributed by atoms with E-state index in [1.165, 1.54) is 15.3 Å². The topological polar surface area (TPSA) is 64.6 Å². The van der Waals surface area contributed by atoms with E-state index < -0.39 is 10.0 Å². The van der Waals surface area contributed by atoms with Gasteiger partial charge in [0.25, 0.3) is 0 Å². The van der Waals surface area contributed by atoms with Crippen molar-refractivity contribution >= 4 is 33.8 Å². The minimum absolute atomic E-state index is 0.243. The van der Waals surface area contributed by atoms with Gasteiger partial charge < -0.3 is 9.47 Å². The van der Waals surface area contributed by atoms with E-state index in [9.17, 15) is 8.42 Å². The van der Waals surface area contributed by atoms with Crippen LogP contribution in [0.1, 0.15) is 6.92 Å². The molecule has 2 heterocycles. The fourth-order valence-corrected chi connectivity index (χ4v) is 4.92. The molecule has 1 aliphatic rings. The molecule has 1 aromatic carbocycles. The predicted octanol–water partition coefficient (Wildman–Crippen LogP) is 0.634. The Kier molecular flexibility index (Phi) is 5.59. The maximum atomic E-state index is 12.7. The Bertz CT molecular complexity index is 901. The van der Waals surface area contributed by atoms with Crippen molar-refractivity contribution in [3.63, 3.8) is 0 Å². The van der Waals surface area contributed by atoms with Crippen molar-refractivity contribution in [1.82, 2.24) is 18.7 Å². The molecular formula is C15H21ClN5O2S2+. The molecule has 7 nitrogen and oxygen atoms in total. The summed E-state index contributed by atoms with van der Waals surface area (Å²) in [5.41, 5.74) is 0. The summed E-state index contributed by atoms with van der Waals surface area (Å²) in [4.78, 5) is 1.50. The van der Waals surface area contributed by atoms with Crippen LogP contribution in [-0.2, 0) is 23.2 Å². The molecule has 3 rings (SSSR count). The van der Waals surface area contributed by atoms with E-state index in [1.54, 1.807) is 29.2 Å². The lowest BCUT2D eigenvalue weighted by molar-refractivity contribution is -0.926. The van der Waals surface area contributed by atoms with Crippen LogP contribution < -0.4 is 4.90 Å². The first kappa shape index (κ1) is 18.5. The number of piperazine rings is 1. The molecule has 0 bridgehead atoms. The van der Waals surface area contributed by atoms with Crippen LogP contribution in [0.4, 0.5) is 0 Å². The largest absolute Gasteiger partial charge is 0.314 e. The van der Waals surface area contributed by atoms with E-state index >= 15 is 0 Å². The number of hydrogen-bond acceptors (Lipinski definition) is 4. The van der Waals surface area contributed by atoms with Gasteiger partial charge in [0, 0.05) is 11.6 Å². The lowest BCUT2D eigenvalue weighted by Gasteiger charge is -2.31. The van der Waals surface area contributed by atoms with Crippen LogP contribution in [0.5, 0.6) is 0 Å². The van der Waals surface area contributed by atoms with Gasteiger partial charge in [-0.1, -0.05) is 17.7 Å². The van der Waals surface area contributed by atoms with Crippen LogP contribution in [-0.4, -0.2) is 53.2 Å². The number of rotatable bonds is 5. The molecule has 0 saturated carbocycles. The van der Waals surface area contributed by atoms with Crippen LogP contribution >= 0.6 is 23.8 Å². The van der Waals surface area contributed by atoms with E-state index in [-0.39, 0.29) is 4.90 Å². The van der Waals surface area contributed by atoms with Gasteiger partial charge in [-0.05, 0) is 37.3 Å². The number of aryl methyl sites for hydroxylation is 1. The minimum Gasteiger partial charge on any atom is -0.314 e. The molecule has 10 heteroatoms. The number of quaternary nitrogens is 1. The Morgan fingerprint density at radius 2 is 2.04 bits per heavy atom. The fourth-order valence-electron chi connectivity index (χ4n) is 2.89. The van der Waals surface area contributed by atoms with E-state index in [4.69, 9.17) is 23.8 Å². The van der Waals surface area contributed by atoms with Crippen molar-refractivity contribution in [2.45, 2.75) is 25.0 Å². The summed E-state index contributed by atoms with van der Waals surface area (Å²) in [6.07, 6.45) is 1.74. The highest BCUT2D eigenvalue weighted by molar-refractivity contribution is 7.89. The molecule has 136 valence electrons. The molecule has 0 unspecified atom stereocenters. The molecule has 1 N–H and O–H groups in total. The first-order valence-corrected chi connectivity index (χ1v) is 10.4. The Balaban J connectivity index is 1.65. The van der Waals surface area contributed by atoms with Crippen molar-refractivity contribution in [2.24, 2.45) is 0 Å². The third kappa shape index (κ3) is 3.95. The number of nitrogens with one attached hydrogen (secondary N) is 1. The first-order valence-electron chi connectivity index (χ1n) is 8.13. The summed E-state index contributed by atoms with van der Waals surface area (Å²) < 4.78 is 31.4. The Morgan fingerprint density at radius 1 is 1.32 bits per heavy atom. The molecule has 0 amide bonds. The average molecular weight is 403 g/mol. The van der Waals surface area contributed by atoms with Gasteiger partial charge in [0.05, 0.1) is 31.1 Å². The highest BCUT2D eigenvalue weighted by Gasteiger charge is 2.30. The van der Waals surface area contributed by atoms with Crippen molar-refractivity contribution in [3.8, 4) is 0 Å². The highest BCUT2D eigenvalue weighted by Crippen LogP contribution is 2.19. The SMILES string of the molecule is CCn1cnn(C[NH+]2CCN(S(=O)(=O)c3cccc(Cl)c3)CC2)c1=S. The molecule has 1 fully saturated rings. The van der Waals surface area contributed by atoms with Crippen LogP contribution in [0.3, 0.4) is 0 Å². The van der Waals surface area contributed by atoms with Gasteiger partial charge in [-0.3, -0.25) is 0 Å². The van der Waals surface area contributed by atoms with Crippen LogP contribution in [0, 0.1) is 4.77 Å². The number of hydrogen-bond donors (Lipinski definition) is 1. The molecular weight excluding hydrogens is 382 g/mol. The van der Waals surface area contributed by atoms with Gasteiger partial charge in [-0.15, -0.1) is 0 Å². The zero-order chi connectivity index (χ0) is 18.0. The highest BCUT2D eigenvalue weighted by atomic mass is 35.5. The molecule has 0 spiro atoms. The Labute approximate surface area is 157 Å². The summed E-state index contributed by atoms with van der Waals surface area (Å²) >= 11 is 11.3. The van der Waals surface area contributed by atoms with Crippen molar-refractivity contribution in [3.05, 3.63) is 40.4 Å². The third-order valence-electron chi connectivity index (χ3n) is 4.37. The molecule has 25 heavy (non-hydrogen) atoms. The monoisotopic (exact) mass is 402 g/mol. The van der Waals surface area contributed by atoms with Crippen molar-refractivity contribution in [1.29, 1.82) is 0 Å². The second-order valence-electron chi connectivity index (χ2n) is 5.97. The molecule has 2 aromatic rings. The molecule has 1 aromatic heterocycles. The van der Waals surface area contributed by atoms with Gasteiger partial charge >= 0.3 is 0 Å². The fraction of sp³-hybridized carbons (Fsp3) is 0.467. The molecule has 1 saturated heterocycles. The predicted molar refractivity (Wildman–Crippen MR) is 97.6 cm³/mol. The number of sulfonamides is 1. The normalized spacial score (nSPS) is 17.0. The minimum atomic E-state index is -3.50. The third-order valence-corrected chi connectivity index (χ3v) is 6.95. The maximum absolute atomic E-state index is 12.7. The quantitative estimate of drug-likeness (QED) is 0.745. The average Bonchev–Trinajstić information content (AvgIpc) is 2.95. The van der Waals surface area contributed by atoms with Gasteiger partial charge in [-0.2, -0.15) is 14.1 Å². The van der Waals surface area contributed by atoms with Crippen LogP contribution in [0.2, 0.25) is 5.02 Å². The second-order valence-corrected chi connectivity index (χ2v) is 8.71. The van der Waals surface area contributed by atoms with Gasteiger partial charge in [0.2, 0.25) is 14.8 Å². The zero-order valence-corrected chi connectivity index (χ0v) is 16.3. The lowest BCUT2D eigenvalue weighted by Crippen LogP contribution is -3.14. The number of halogens is 1. The number of nitrogens with zero attached hydrogens (tertiary/aromatic N) is 4. The molecule has 1 aliphatic heterocycles. The summed E-state index contributed by atoms with van der Waals surface area (Å²) in [5.74, 6) is 0. The summed E-state index contributed by atoms with van der Waals surface area (Å²) in [7, 11) is -3.50. The number of benzene rings is 1. The molecule has 0 radical (unpaired) electrons. The first-order chi connectivity index (χ1) is 11.9. The van der Waals surface area contributed by atoms with Gasteiger partial charge in [0.15, 0.2) is 6.67 Å². The zero-order valence-electron chi connectivity index (χ0n) is 13.9. The van der Waals surface area contributed by atoms with E-state index in [0.29, 0.717) is 42.6 Å². The van der Waals surface area contributed by atoms with Crippen LogP contribution in [0.15, 0.2) is 35.5 Å². The van der Waals surface area contributed by atoms with E-state index in [1.807, 2.05) is 11.5 Å². The van der Waals surface area contributed by atoms with E-state index in [0.717, 1.165) is 6.54 Å². The summed E-state index contributed by atoms with van der Waals surface area (Å²) in [5, 5.41) is 4.74. The van der Waals surface area contributed by atoms with Crippen molar-refractivity contribution < 1.29 is 13.3 Å². The molecule has 0 aliphatic carbocycles. The standard InChI is InChI=1S/C15H20ClN5O2S2/c1-2-19-11-17-21(15(19)24)12-18-6-8-20(9-7-18)25(22,23)14-5-3-4-13(16)10-14/h3-5,10-11H,2,6-9,12H2,1H3/p+1. The second kappa shape index (κ2) is 7.55. The Morgan fingerprint density at radius 3 is 2.64 bits per heavy atom. The summed E-state index contributed by atoms with van der Waals surface area (Å²) in [6.45, 7) is 5.81. The summed E-state index contributed by atoms with van der Waals surface area (Å²) in [6, 6.07) is 6.40. The molecule has 0 atom stereocenters. The maximum Gasteiger partial charge on any atom is 0.243 e. The van der Waals surface area contributed by atoms with Crippen LogP contribution in [0.25, 0.3) is 0 Å². The van der Waals surface area contributed by atoms with Crippen molar-refractivity contribution in [2.75, 3.05) is 26.2 Å². The van der Waals surface area contributed by atoms with Gasteiger partial charge in [-0.25, -0.2) is 8.42 Å². The number of aromatic nitrogens is 3. The van der Waals surface area contributed by atoms with Gasteiger partial charge in [0.1, 0.15) is 6.33 Å². The lowest BCUT2D eigenvalue weighted by atomic mass is 10.4. The smallest absolute Gasteiger partial charge is 0.243 e.